The maximum absolute atomic E-state index is 12.4. The van der Waals surface area contributed by atoms with Crippen molar-refractivity contribution >= 4 is 16.3 Å². The Morgan fingerprint density at radius 1 is 1.30 bits per heavy atom. The van der Waals surface area contributed by atoms with E-state index < -0.39 is 16.3 Å². The van der Waals surface area contributed by atoms with E-state index in [1.54, 1.807) is 6.92 Å². The van der Waals surface area contributed by atoms with Gasteiger partial charge in [0.15, 0.2) is 0 Å². The summed E-state index contributed by atoms with van der Waals surface area (Å²) in [7, 11) is -3.49. The maximum atomic E-state index is 12.4. The lowest BCUT2D eigenvalue weighted by atomic mass is 10.0. The lowest BCUT2D eigenvalue weighted by molar-refractivity contribution is 0.146. The van der Waals surface area contributed by atoms with Crippen LogP contribution in [0.4, 0.5) is 4.79 Å². The van der Waals surface area contributed by atoms with E-state index in [1.807, 2.05) is 13.8 Å². The standard InChI is InChI=1S/C15H31N3O4S/c1-5-22-15(19)17-14(10-12(2)3)11-16-23(20,21)18-8-6-13(4)7-9-18/h12-14,16H,5-11H2,1-4H3,(H,17,19)/t14-/m0/s1. The molecule has 8 heteroatoms. The van der Waals surface area contributed by atoms with Crippen molar-refractivity contribution in [1.82, 2.24) is 14.3 Å². The Balaban J connectivity index is 2.56. The molecule has 0 unspecified atom stereocenters. The Morgan fingerprint density at radius 3 is 2.43 bits per heavy atom. The minimum Gasteiger partial charge on any atom is -0.450 e. The third-order valence-electron chi connectivity index (χ3n) is 3.95. The zero-order chi connectivity index (χ0) is 17.5. The number of alkyl carbamates (subject to hydrolysis) is 1. The molecule has 0 aromatic carbocycles. The normalized spacial score (nSPS) is 18.8. The summed E-state index contributed by atoms with van der Waals surface area (Å²) in [6.07, 6.45) is 1.94. The van der Waals surface area contributed by atoms with Gasteiger partial charge in [-0.1, -0.05) is 20.8 Å². The third-order valence-corrected chi connectivity index (χ3v) is 5.52. The van der Waals surface area contributed by atoms with Gasteiger partial charge in [0.1, 0.15) is 0 Å². The highest BCUT2D eigenvalue weighted by molar-refractivity contribution is 7.87. The van der Waals surface area contributed by atoms with Crippen LogP contribution in [-0.2, 0) is 14.9 Å². The first-order valence-corrected chi connectivity index (χ1v) is 9.86. The van der Waals surface area contributed by atoms with Gasteiger partial charge < -0.3 is 10.1 Å². The molecule has 7 nitrogen and oxygen atoms in total. The predicted molar refractivity (Wildman–Crippen MR) is 90.3 cm³/mol. The molecular formula is C15H31N3O4S. The quantitative estimate of drug-likeness (QED) is 0.698. The molecular weight excluding hydrogens is 318 g/mol. The van der Waals surface area contributed by atoms with E-state index in [9.17, 15) is 13.2 Å². The van der Waals surface area contributed by atoms with E-state index in [0.717, 1.165) is 12.8 Å². The van der Waals surface area contributed by atoms with E-state index in [1.165, 1.54) is 4.31 Å². The number of amides is 1. The van der Waals surface area contributed by atoms with Gasteiger partial charge in [0, 0.05) is 25.7 Å². The van der Waals surface area contributed by atoms with Crippen LogP contribution in [0, 0.1) is 11.8 Å². The van der Waals surface area contributed by atoms with Crippen LogP contribution in [0.5, 0.6) is 0 Å². The smallest absolute Gasteiger partial charge is 0.407 e. The molecule has 0 aromatic rings. The molecule has 0 aliphatic carbocycles. The Hall–Kier alpha value is -0.860. The summed E-state index contributed by atoms with van der Waals surface area (Å²) in [6, 6.07) is -0.285. The predicted octanol–water partition coefficient (Wildman–Crippen LogP) is 1.71. The second-order valence-corrected chi connectivity index (χ2v) is 8.38. The highest BCUT2D eigenvalue weighted by atomic mass is 32.2. The van der Waals surface area contributed by atoms with E-state index in [4.69, 9.17) is 4.74 Å². The summed E-state index contributed by atoms with van der Waals surface area (Å²) in [5.74, 6) is 0.905. The van der Waals surface area contributed by atoms with Crippen LogP contribution in [0.1, 0.15) is 47.0 Å². The number of ether oxygens (including phenoxy) is 1. The van der Waals surface area contributed by atoms with Crippen LogP contribution in [0.25, 0.3) is 0 Å². The number of nitrogens with one attached hydrogen (secondary N) is 2. The molecule has 0 radical (unpaired) electrons. The van der Waals surface area contributed by atoms with Crippen molar-refractivity contribution in [2.24, 2.45) is 11.8 Å². The Bertz CT molecular complexity index is 459. The molecule has 1 amide bonds. The van der Waals surface area contributed by atoms with Gasteiger partial charge in [0.25, 0.3) is 10.2 Å². The molecule has 0 spiro atoms. The van der Waals surface area contributed by atoms with Crippen molar-refractivity contribution in [3.8, 4) is 0 Å². The molecule has 1 atom stereocenters. The van der Waals surface area contributed by atoms with E-state index in [2.05, 4.69) is 17.0 Å². The molecule has 2 N–H and O–H groups in total. The summed E-state index contributed by atoms with van der Waals surface area (Å²) in [5.41, 5.74) is 0. The summed E-state index contributed by atoms with van der Waals surface area (Å²) < 4.78 is 33.7. The van der Waals surface area contributed by atoms with Gasteiger partial charge in [-0.25, -0.2) is 9.52 Å². The van der Waals surface area contributed by atoms with Crippen molar-refractivity contribution < 1.29 is 17.9 Å². The molecule has 23 heavy (non-hydrogen) atoms. The summed E-state index contributed by atoms with van der Waals surface area (Å²) >= 11 is 0. The minimum absolute atomic E-state index is 0.172. The van der Waals surface area contributed by atoms with Crippen LogP contribution < -0.4 is 10.0 Å². The van der Waals surface area contributed by atoms with Crippen LogP contribution >= 0.6 is 0 Å². The van der Waals surface area contributed by atoms with Gasteiger partial charge in [0.2, 0.25) is 0 Å². The number of hydrogen-bond donors (Lipinski definition) is 2. The molecule has 1 saturated heterocycles. The first-order valence-electron chi connectivity index (χ1n) is 8.42. The molecule has 0 saturated carbocycles. The van der Waals surface area contributed by atoms with Gasteiger partial charge in [-0.3, -0.25) is 0 Å². The van der Waals surface area contributed by atoms with Crippen LogP contribution in [-0.4, -0.2) is 51.1 Å². The molecule has 1 heterocycles. The molecule has 1 aliphatic rings. The number of carbonyl (C=O) groups excluding carboxylic acids is 1. The SMILES string of the molecule is CCOC(=O)N[C@H](CNS(=O)(=O)N1CCC(C)CC1)CC(C)C. The molecule has 0 bridgehead atoms. The Morgan fingerprint density at radius 2 is 1.91 bits per heavy atom. The monoisotopic (exact) mass is 349 g/mol. The average Bonchev–Trinajstić information content (AvgIpc) is 2.45. The highest BCUT2D eigenvalue weighted by Gasteiger charge is 2.27. The summed E-state index contributed by atoms with van der Waals surface area (Å²) in [4.78, 5) is 11.6. The minimum atomic E-state index is -3.49. The number of piperidine rings is 1. The zero-order valence-electron chi connectivity index (χ0n) is 14.7. The fraction of sp³-hybridized carbons (Fsp3) is 0.933. The molecule has 1 fully saturated rings. The first kappa shape index (κ1) is 20.2. The van der Waals surface area contributed by atoms with Gasteiger partial charge in [0.05, 0.1) is 6.61 Å². The molecule has 136 valence electrons. The maximum Gasteiger partial charge on any atom is 0.407 e. The fourth-order valence-corrected chi connectivity index (χ4v) is 3.91. The fourth-order valence-electron chi connectivity index (χ4n) is 2.62. The van der Waals surface area contributed by atoms with Gasteiger partial charge >= 0.3 is 6.09 Å². The molecule has 1 aliphatic heterocycles. The van der Waals surface area contributed by atoms with E-state index in [-0.39, 0.29) is 19.2 Å². The largest absolute Gasteiger partial charge is 0.450 e. The topological polar surface area (TPSA) is 87.7 Å². The van der Waals surface area contributed by atoms with Crippen molar-refractivity contribution in [2.75, 3.05) is 26.2 Å². The first-order chi connectivity index (χ1) is 10.7. The molecule has 0 aromatic heterocycles. The van der Waals surface area contributed by atoms with Crippen molar-refractivity contribution in [1.29, 1.82) is 0 Å². The lowest BCUT2D eigenvalue weighted by Gasteiger charge is -2.30. The Labute approximate surface area is 140 Å². The molecule has 1 rings (SSSR count). The van der Waals surface area contributed by atoms with Gasteiger partial charge in [-0.2, -0.15) is 12.7 Å². The number of nitrogens with zero attached hydrogens (tertiary/aromatic N) is 1. The number of carbonyl (C=O) groups is 1. The second-order valence-electron chi connectivity index (χ2n) is 6.63. The Kier molecular flexibility index (Phi) is 8.28. The number of hydrogen-bond acceptors (Lipinski definition) is 4. The summed E-state index contributed by atoms with van der Waals surface area (Å²) in [5, 5.41) is 2.73. The third kappa shape index (κ3) is 7.50. The van der Waals surface area contributed by atoms with Gasteiger partial charge in [-0.15, -0.1) is 0 Å². The van der Waals surface area contributed by atoms with E-state index >= 15 is 0 Å². The van der Waals surface area contributed by atoms with Crippen molar-refractivity contribution in [3.05, 3.63) is 0 Å². The second kappa shape index (κ2) is 9.44. The van der Waals surface area contributed by atoms with Crippen molar-refractivity contribution in [2.45, 2.75) is 53.0 Å². The van der Waals surface area contributed by atoms with Crippen LogP contribution in [0.15, 0.2) is 0 Å². The summed E-state index contributed by atoms with van der Waals surface area (Å²) in [6.45, 7) is 9.49. The lowest BCUT2D eigenvalue weighted by Crippen LogP contribution is -2.50. The van der Waals surface area contributed by atoms with Crippen LogP contribution in [0.3, 0.4) is 0 Å². The highest BCUT2D eigenvalue weighted by Crippen LogP contribution is 2.18. The zero-order valence-corrected chi connectivity index (χ0v) is 15.5. The average molecular weight is 349 g/mol. The van der Waals surface area contributed by atoms with Crippen molar-refractivity contribution in [3.63, 3.8) is 0 Å². The van der Waals surface area contributed by atoms with Gasteiger partial charge in [-0.05, 0) is 38.0 Å². The van der Waals surface area contributed by atoms with Crippen LogP contribution in [0.2, 0.25) is 0 Å². The van der Waals surface area contributed by atoms with E-state index in [0.29, 0.717) is 31.3 Å². The number of rotatable bonds is 8.